The predicted octanol–water partition coefficient (Wildman–Crippen LogP) is 5.91. The highest BCUT2D eigenvalue weighted by Gasteiger charge is 2.30. The molecule has 7 rings (SSSR count). The van der Waals surface area contributed by atoms with E-state index in [0.29, 0.717) is 46.7 Å². The second-order valence-electron chi connectivity index (χ2n) is 14.1. The summed E-state index contributed by atoms with van der Waals surface area (Å²) in [6, 6.07) is 16.5. The van der Waals surface area contributed by atoms with Gasteiger partial charge < -0.3 is 50.8 Å². The Bertz CT molecular complexity index is 2590. The number of hydrogen-bond donors (Lipinski definition) is 6. The number of halogens is 1. The van der Waals surface area contributed by atoms with Crippen LogP contribution in [0.2, 0.25) is 0 Å². The van der Waals surface area contributed by atoms with Gasteiger partial charge in [-0.2, -0.15) is 0 Å². The van der Waals surface area contributed by atoms with Crippen molar-refractivity contribution < 1.29 is 28.7 Å². The standard InChI is InChI=1S/C41H42ClN9O6S/c1-22-34-35-24(16-42)17-45-28(35)15-32(57-21-23-8-6-5-7-9-23)37(34)58-36(22)41(56)48-27-14-31(51(4)20-27)40(55)47-26-13-30(50(3)19-26)39(54)46-25-12-29(49(2)18-25)38(53)44-11-10-33(43)52/h5-9,12-15,18-20,24,45H,10-11,16-17,21H2,1-4H3,(H2,43,52)(H,44,53)(H,46,54)(H,47,55)(H,48,56)/t24-/m0/s1. The van der Waals surface area contributed by atoms with Gasteiger partial charge in [0.1, 0.15) is 29.4 Å². The summed E-state index contributed by atoms with van der Waals surface area (Å²) in [6.45, 7) is 3.09. The summed E-state index contributed by atoms with van der Waals surface area (Å²) in [6.07, 6.45) is 4.85. The smallest absolute Gasteiger partial charge is 0.272 e. The number of primary amides is 1. The molecular formula is C41H42ClN9O6S. The van der Waals surface area contributed by atoms with Gasteiger partial charge in [0.2, 0.25) is 5.91 Å². The third-order valence-corrected chi connectivity index (χ3v) is 11.6. The van der Waals surface area contributed by atoms with Crippen molar-refractivity contribution in [2.45, 2.75) is 25.9 Å². The Morgan fingerprint density at radius 3 is 1.93 bits per heavy atom. The van der Waals surface area contributed by atoms with E-state index < -0.39 is 23.6 Å². The van der Waals surface area contributed by atoms with Gasteiger partial charge in [-0.15, -0.1) is 22.9 Å². The lowest BCUT2D eigenvalue weighted by atomic mass is 9.96. The average Bonchev–Trinajstić information content (AvgIpc) is 4.01. The maximum absolute atomic E-state index is 13.9. The molecule has 1 aliphatic heterocycles. The van der Waals surface area contributed by atoms with Crippen molar-refractivity contribution in [1.82, 2.24) is 19.0 Å². The molecule has 0 saturated heterocycles. The van der Waals surface area contributed by atoms with Crippen LogP contribution in [0.25, 0.3) is 10.1 Å². The first-order valence-corrected chi connectivity index (χ1v) is 19.7. The molecule has 1 aliphatic rings. The van der Waals surface area contributed by atoms with Crippen molar-refractivity contribution in [3.63, 3.8) is 0 Å². The number of aromatic nitrogens is 3. The SMILES string of the molecule is Cc1c(C(=O)Nc2cc(C(=O)Nc3cc(C(=O)Nc4cc(C(=O)NCCC(N)=O)n(C)c4)n(C)c3)n(C)c2)sc2c(OCc3ccccc3)cc3c(c12)[C@@H](CCl)CN3. The molecule has 0 unspecified atom stereocenters. The summed E-state index contributed by atoms with van der Waals surface area (Å²) in [5, 5.41) is 15.6. The van der Waals surface area contributed by atoms with Gasteiger partial charge in [-0.25, -0.2) is 0 Å². The normalized spacial score (nSPS) is 13.2. The zero-order valence-electron chi connectivity index (χ0n) is 32.2. The van der Waals surface area contributed by atoms with Gasteiger partial charge in [-0.3, -0.25) is 24.0 Å². The number of nitrogens with zero attached hydrogens (tertiary/aromatic N) is 3. The van der Waals surface area contributed by atoms with E-state index in [1.54, 1.807) is 59.5 Å². The number of fused-ring (bicyclic) bond motifs is 3. The number of benzene rings is 2. The van der Waals surface area contributed by atoms with E-state index in [4.69, 9.17) is 22.1 Å². The lowest BCUT2D eigenvalue weighted by molar-refractivity contribution is -0.117. The van der Waals surface area contributed by atoms with Gasteiger partial charge in [-0.05, 0) is 41.8 Å². The van der Waals surface area contributed by atoms with Crippen LogP contribution in [0.15, 0.2) is 73.2 Å². The predicted molar refractivity (Wildman–Crippen MR) is 226 cm³/mol. The molecule has 0 saturated carbocycles. The van der Waals surface area contributed by atoms with E-state index in [-0.39, 0.29) is 41.9 Å². The molecule has 15 nitrogen and oxygen atoms in total. The van der Waals surface area contributed by atoms with Crippen LogP contribution >= 0.6 is 22.9 Å². The first kappa shape index (κ1) is 39.7. The number of amides is 5. The van der Waals surface area contributed by atoms with Gasteiger partial charge in [0, 0.05) is 88.2 Å². The Morgan fingerprint density at radius 2 is 1.38 bits per heavy atom. The summed E-state index contributed by atoms with van der Waals surface area (Å²) in [5.74, 6) is -1.00. The maximum Gasteiger partial charge on any atom is 0.272 e. The molecule has 0 bridgehead atoms. The summed E-state index contributed by atoms with van der Waals surface area (Å²) in [5.41, 5.74) is 11.0. The van der Waals surface area contributed by atoms with Crippen molar-refractivity contribution in [3.05, 3.63) is 112 Å². The van der Waals surface area contributed by atoms with Crippen molar-refractivity contribution in [1.29, 1.82) is 0 Å². The number of thiophene rings is 1. The summed E-state index contributed by atoms with van der Waals surface area (Å²) < 4.78 is 11.9. The van der Waals surface area contributed by atoms with E-state index in [9.17, 15) is 24.0 Å². The zero-order valence-corrected chi connectivity index (χ0v) is 33.8. The minimum Gasteiger partial charge on any atom is -0.487 e. The number of carbonyl (C=O) groups is 5. The lowest BCUT2D eigenvalue weighted by Crippen LogP contribution is -2.29. The van der Waals surface area contributed by atoms with Crippen LogP contribution in [0.1, 0.15) is 70.2 Å². The van der Waals surface area contributed by atoms with Crippen molar-refractivity contribution in [2.24, 2.45) is 26.9 Å². The van der Waals surface area contributed by atoms with Crippen LogP contribution in [0.5, 0.6) is 5.75 Å². The number of nitrogens with two attached hydrogens (primary N) is 1. The molecule has 0 fully saturated rings. The summed E-state index contributed by atoms with van der Waals surface area (Å²) >= 11 is 7.76. The fourth-order valence-electron chi connectivity index (χ4n) is 7.06. The molecule has 0 radical (unpaired) electrons. The molecule has 0 spiro atoms. The summed E-state index contributed by atoms with van der Waals surface area (Å²) in [7, 11) is 5.02. The second kappa shape index (κ2) is 16.5. The molecule has 17 heteroatoms. The van der Waals surface area contributed by atoms with Gasteiger partial charge in [-0.1, -0.05) is 30.3 Å². The van der Waals surface area contributed by atoms with Gasteiger partial charge in [0.15, 0.2) is 0 Å². The lowest BCUT2D eigenvalue weighted by Gasteiger charge is -2.13. The zero-order chi connectivity index (χ0) is 41.2. The fraction of sp³-hybridized carbons (Fsp3) is 0.244. The molecule has 5 amide bonds. The molecule has 58 heavy (non-hydrogen) atoms. The average molecular weight is 824 g/mol. The largest absolute Gasteiger partial charge is 0.487 e. The summed E-state index contributed by atoms with van der Waals surface area (Å²) in [4.78, 5) is 64.7. The highest BCUT2D eigenvalue weighted by molar-refractivity contribution is 7.21. The van der Waals surface area contributed by atoms with Gasteiger partial charge >= 0.3 is 0 Å². The fourth-order valence-corrected chi connectivity index (χ4v) is 8.51. The number of anilines is 4. The number of nitrogens with one attached hydrogen (secondary N) is 5. The Morgan fingerprint density at radius 1 is 0.828 bits per heavy atom. The maximum atomic E-state index is 13.9. The van der Waals surface area contributed by atoms with E-state index in [1.165, 1.54) is 23.5 Å². The molecule has 2 aromatic carbocycles. The van der Waals surface area contributed by atoms with Crippen LogP contribution < -0.4 is 37.1 Å². The van der Waals surface area contributed by atoms with E-state index >= 15 is 0 Å². The quantitative estimate of drug-likeness (QED) is 0.0735. The highest BCUT2D eigenvalue weighted by atomic mass is 35.5. The van der Waals surface area contributed by atoms with Gasteiger partial charge in [0.25, 0.3) is 23.6 Å². The minimum absolute atomic E-state index is 0.00456. The molecule has 4 aromatic heterocycles. The number of ether oxygens (including phenoxy) is 1. The monoisotopic (exact) mass is 823 g/mol. The number of alkyl halides is 1. The van der Waals surface area contributed by atoms with Crippen LogP contribution in [0.3, 0.4) is 0 Å². The van der Waals surface area contributed by atoms with Crippen LogP contribution in [-0.2, 0) is 32.5 Å². The molecule has 7 N–H and O–H groups in total. The highest BCUT2D eigenvalue weighted by Crippen LogP contribution is 2.48. The Kier molecular flexibility index (Phi) is 11.3. The van der Waals surface area contributed by atoms with E-state index in [0.717, 1.165) is 32.5 Å². The molecule has 5 heterocycles. The van der Waals surface area contributed by atoms with Crippen LogP contribution in [0.4, 0.5) is 22.7 Å². The molecule has 6 aromatic rings. The Hall–Kier alpha value is -6.52. The second-order valence-corrected chi connectivity index (χ2v) is 15.4. The Labute approximate surface area is 342 Å². The molecular weight excluding hydrogens is 782 g/mol. The topological polar surface area (TPSA) is 196 Å². The minimum atomic E-state index is -0.531. The van der Waals surface area contributed by atoms with Crippen molar-refractivity contribution in [3.8, 4) is 5.75 Å². The van der Waals surface area contributed by atoms with E-state index in [2.05, 4.69) is 26.6 Å². The number of aryl methyl sites for hydroxylation is 4. The van der Waals surface area contributed by atoms with E-state index in [1.807, 2.05) is 43.3 Å². The van der Waals surface area contributed by atoms with Crippen LogP contribution in [-0.4, -0.2) is 62.2 Å². The van der Waals surface area contributed by atoms with Crippen molar-refractivity contribution in [2.75, 3.05) is 40.2 Å². The molecule has 300 valence electrons. The molecule has 1 atom stereocenters. The third kappa shape index (κ3) is 8.15. The third-order valence-electron chi connectivity index (χ3n) is 9.93. The Balaban J connectivity index is 1.04. The van der Waals surface area contributed by atoms with Crippen molar-refractivity contribution >= 4 is 85.3 Å². The number of rotatable bonds is 14. The number of carbonyl (C=O) groups excluding carboxylic acids is 5. The molecule has 0 aliphatic carbocycles. The first-order valence-electron chi connectivity index (χ1n) is 18.4. The van der Waals surface area contributed by atoms with Gasteiger partial charge in [0.05, 0.1) is 26.6 Å². The van der Waals surface area contributed by atoms with Crippen LogP contribution in [0, 0.1) is 6.92 Å². The first-order chi connectivity index (χ1) is 27.8. The number of hydrogen-bond acceptors (Lipinski definition) is 8.